The third-order valence-corrected chi connectivity index (χ3v) is 5.85. The van der Waals surface area contributed by atoms with Crippen molar-refractivity contribution in [3.8, 4) is 0 Å². The van der Waals surface area contributed by atoms with Crippen LogP contribution in [0.15, 0.2) is 24.1 Å². The monoisotopic (exact) mass is 404 g/mol. The van der Waals surface area contributed by atoms with E-state index in [1.807, 2.05) is 20.0 Å². The first-order valence-electron chi connectivity index (χ1n) is 10.3. The van der Waals surface area contributed by atoms with E-state index in [4.69, 9.17) is 9.47 Å². The number of hydrogen-bond acceptors (Lipinski definition) is 5. The molecule has 8 heteroatoms. The predicted molar refractivity (Wildman–Crippen MR) is 109 cm³/mol. The van der Waals surface area contributed by atoms with Crippen LogP contribution >= 0.6 is 0 Å². The second-order valence-corrected chi connectivity index (χ2v) is 8.53. The van der Waals surface area contributed by atoms with E-state index in [2.05, 4.69) is 10.4 Å². The fourth-order valence-corrected chi connectivity index (χ4v) is 4.02. The molecule has 2 heterocycles. The summed E-state index contributed by atoms with van der Waals surface area (Å²) in [6, 6.07) is 1.23. The lowest BCUT2D eigenvalue weighted by molar-refractivity contribution is -0.134. The fourth-order valence-electron chi connectivity index (χ4n) is 4.02. The predicted octanol–water partition coefficient (Wildman–Crippen LogP) is 2.57. The quantitative estimate of drug-likeness (QED) is 0.684. The lowest BCUT2D eigenvalue weighted by atomic mass is 9.97. The van der Waals surface area contributed by atoms with Gasteiger partial charge in [-0.3, -0.25) is 14.3 Å². The molecule has 29 heavy (non-hydrogen) atoms. The van der Waals surface area contributed by atoms with Crippen LogP contribution in [0.2, 0.25) is 0 Å². The SMILES string of the molecule is COC1=CC(=O)N([C@@H](CC2CCCC2)C(=O)Nc2ccn(CC(C)(C)OC)n2)C1. The minimum atomic E-state index is -0.532. The number of methoxy groups -OCH3 is 2. The van der Waals surface area contributed by atoms with E-state index in [0.29, 0.717) is 37.0 Å². The van der Waals surface area contributed by atoms with Gasteiger partial charge in [0, 0.05) is 25.4 Å². The summed E-state index contributed by atoms with van der Waals surface area (Å²) in [7, 11) is 3.21. The summed E-state index contributed by atoms with van der Waals surface area (Å²) < 4.78 is 12.4. The van der Waals surface area contributed by atoms with Crippen molar-refractivity contribution in [2.24, 2.45) is 5.92 Å². The largest absolute Gasteiger partial charge is 0.499 e. The van der Waals surface area contributed by atoms with Gasteiger partial charge in [-0.25, -0.2) is 0 Å². The molecule has 0 unspecified atom stereocenters. The standard InChI is InChI=1S/C21H32N4O4/c1-21(2,29-4)14-24-10-9-18(23-24)22-20(27)17(11-15-7-5-6-8-15)25-13-16(28-3)12-19(25)26/h9-10,12,15,17H,5-8,11,13-14H2,1-4H3,(H,22,23,27)/t17-/m0/s1. The smallest absolute Gasteiger partial charge is 0.251 e. The summed E-state index contributed by atoms with van der Waals surface area (Å²) in [6.45, 7) is 4.85. The molecule has 0 saturated heterocycles. The van der Waals surface area contributed by atoms with Gasteiger partial charge in [0.2, 0.25) is 5.91 Å². The van der Waals surface area contributed by atoms with Crippen LogP contribution < -0.4 is 5.32 Å². The molecule has 160 valence electrons. The Morgan fingerprint density at radius 1 is 1.34 bits per heavy atom. The highest BCUT2D eigenvalue weighted by Gasteiger charge is 2.36. The Balaban J connectivity index is 1.70. The Kier molecular flexibility index (Phi) is 6.62. The van der Waals surface area contributed by atoms with Gasteiger partial charge >= 0.3 is 0 Å². The molecular weight excluding hydrogens is 372 g/mol. The highest BCUT2D eigenvalue weighted by Crippen LogP contribution is 2.31. The van der Waals surface area contributed by atoms with Gasteiger partial charge in [-0.15, -0.1) is 0 Å². The zero-order valence-corrected chi connectivity index (χ0v) is 17.8. The first-order valence-corrected chi connectivity index (χ1v) is 10.3. The van der Waals surface area contributed by atoms with Crippen molar-refractivity contribution in [3.05, 3.63) is 24.1 Å². The molecule has 1 aromatic heterocycles. The Bertz CT molecular complexity index is 764. The number of ether oxygens (including phenoxy) is 2. The minimum Gasteiger partial charge on any atom is -0.499 e. The molecule has 3 rings (SSSR count). The molecule has 8 nitrogen and oxygen atoms in total. The van der Waals surface area contributed by atoms with Crippen LogP contribution in [-0.4, -0.2) is 58.9 Å². The maximum Gasteiger partial charge on any atom is 0.251 e. The van der Waals surface area contributed by atoms with Crippen molar-refractivity contribution in [3.63, 3.8) is 0 Å². The second-order valence-electron chi connectivity index (χ2n) is 8.53. The summed E-state index contributed by atoms with van der Waals surface area (Å²) in [5.41, 5.74) is -0.359. The van der Waals surface area contributed by atoms with Crippen molar-refractivity contribution in [1.29, 1.82) is 0 Å². The summed E-state index contributed by atoms with van der Waals surface area (Å²) in [4.78, 5) is 27.2. The molecule has 0 spiro atoms. The topological polar surface area (TPSA) is 85.7 Å². The maximum absolute atomic E-state index is 13.1. The Morgan fingerprint density at radius 2 is 2.07 bits per heavy atom. The summed E-state index contributed by atoms with van der Waals surface area (Å²) in [6.07, 6.45) is 8.54. The van der Waals surface area contributed by atoms with E-state index in [1.54, 1.807) is 29.9 Å². The van der Waals surface area contributed by atoms with Crippen LogP contribution in [0.25, 0.3) is 0 Å². The molecule has 1 aromatic rings. The number of aromatic nitrogens is 2. The van der Waals surface area contributed by atoms with Crippen LogP contribution in [0.3, 0.4) is 0 Å². The molecule has 2 aliphatic rings. The zero-order valence-electron chi connectivity index (χ0n) is 17.8. The number of rotatable bonds is 9. The molecule has 1 saturated carbocycles. The lowest BCUT2D eigenvalue weighted by Gasteiger charge is -2.28. The number of anilines is 1. The zero-order chi connectivity index (χ0) is 21.0. The number of hydrogen-bond donors (Lipinski definition) is 1. The minimum absolute atomic E-state index is 0.174. The Morgan fingerprint density at radius 3 is 2.69 bits per heavy atom. The van der Waals surface area contributed by atoms with Crippen LogP contribution in [0.1, 0.15) is 46.0 Å². The molecule has 1 aliphatic heterocycles. The molecule has 2 amide bonds. The van der Waals surface area contributed by atoms with Gasteiger partial charge in [-0.2, -0.15) is 5.10 Å². The van der Waals surface area contributed by atoms with Crippen LogP contribution in [-0.2, 0) is 25.6 Å². The molecule has 1 N–H and O–H groups in total. The normalized spacial score (nSPS) is 18.8. The second kappa shape index (κ2) is 8.98. The third kappa shape index (κ3) is 5.38. The lowest BCUT2D eigenvalue weighted by Crippen LogP contribution is -2.46. The first-order chi connectivity index (χ1) is 13.8. The van der Waals surface area contributed by atoms with Gasteiger partial charge in [-0.1, -0.05) is 25.7 Å². The van der Waals surface area contributed by atoms with E-state index < -0.39 is 6.04 Å². The van der Waals surface area contributed by atoms with Gasteiger partial charge in [0.15, 0.2) is 5.82 Å². The molecule has 1 aliphatic carbocycles. The van der Waals surface area contributed by atoms with Gasteiger partial charge in [0.05, 0.1) is 25.8 Å². The molecule has 1 fully saturated rings. The first kappa shape index (κ1) is 21.4. The van der Waals surface area contributed by atoms with E-state index >= 15 is 0 Å². The molecule has 0 bridgehead atoms. The van der Waals surface area contributed by atoms with Crippen LogP contribution in [0.4, 0.5) is 5.82 Å². The Labute approximate surface area is 172 Å². The van der Waals surface area contributed by atoms with E-state index in [1.165, 1.54) is 18.9 Å². The number of carbonyl (C=O) groups is 2. The van der Waals surface area contributed by atoms with E-state index in [0.717, 1.165) is 12.8 Å². The summed E-state index contributed by atoms with van der Waals surface area (Å²) in [5, 5.41) is 7.34. The molecular formula is C21H32N4O4. The maximum atomic E-state index is 13.1. The average molecular weight is 405 g/mol. The van der Waals surface area contributed by atoms with Gasteiger partial charge in [0.25, 0.3) is 5.91 Å². The van der Waals surface area contributed by atoms with Gasteiger partial charge < -0.3 is 19.7 Å². The van der Waals surface area contributed by atoms with Crippen molar-refractivity contribution in [1.82, 2.24) is 14.7 Å². The van der Waals surface area contributed by atoms with Crippen LogP contribution in [0.5, 0.6) is 0 Å². The van der Waals surface area contributed by atoms with E-state index in [-0.39, 0.29) is 17.4 Å². The van der Waals surface area contributed by atoms with Crippen molar-refractivity contribution >= 4 is 17.6 Å². The number of nitrogens with one attached hydrogen (secondary N) is 1. The van der Waals surface area contributed by atoms with E-state index in [9.17, 15) is 9.59 Å². The van der Waals surface area contributed by atoms with Crippen molar-refractivity contribution in [2.75, 3.05) is 26.1 Å². The molecule has 1 atom stereocenters. The molecule has 0 aromatic carbocycles. The summed E-state index contributed by atoms with van der Waals surface area (Å²) >= 11 is 0. The summed E-state index contributed by atoms with van der Waals surface area (Å²) in [5.74, 6) is 1.15. The van der Waals surface area contributed by atoms with Crippen molar-refractivity contribution in [2.45, 2.75) is 64.1 Å². The number of carbonyl (C=O) groups excluding carboxylic acids is 2. The Hall–Kier alpha value is -2.35. The average Bonchev–Trinajstić information content (AvgIpc) is 3.41. The molecule has 0 radical (unpaired) electrons. The fraction of sp³-hybridized carbons (Fsp3) is 0.667. The highest BCUT2D eigenvalue weighted by molar-refractivity contribution is 5.99. The number of nitrogens with zero attached hydrogens (tertiary/aromatic N) is 3. The third-order valence-electron chi connectivity index (χ3n) is 5.85. The van der Waals surface area contributed by atoms with Crippen LogP contribution in [0, 0.1) is 5.92 Å². The van der Waals surface area contributed by atoms with Gasteiger partial charge in [0.1, 0.15) is 11.8 Å². The number of amides is 2. The van der Waals surface area contributed by atoms with Gasteiger partial charge in [-0.05, 0) is 26.2 Å². The highest BCUT2D eigenvalue weighted by atomic mass is 16.5. The van der Waals surface area contributed by atoms with Crippen molar-refractivity contribution < 1.29 is 19.1 Å².